The van der Waals surface area contributed by atoms with Crippen molar-refractivity contribution in [2.75, 3.05) is 55.6 Å². The van der Waals surface area contributed by atoms with E-state index in [-0.39, 0.29) is 29.8 Å². The Labute approximate surface area is 318 Å². The molecule has 54 heavy (non-hydrogen) atoms. The second-order valence-electron chi connectivity index (χ2n) is 16.2. The first-order valence-electron chi connectivity index (χ1n) is 20.0. The van der Waals surface area contributed by atoms with Gasteiger partial charge in [-0.1, -0.05) is 48.5 Å². The molecule has 1 N–H and O–H groups in total. The van der Waals surface area contributed by atoms with Crippen molar-refractivity contribution in [1.82, 2.24) is 9.80 Å². The van der Waals surface area contributed by atoms with Crippen LogP contribution in [0.4, 0.5) is 11.4 Å². The Bertz CT molecular complexity index is 2030. The first kappa shape index (κ1) is 34.8. The first-order valence-corrected chi connectivity index (χ1v) is 20.0. The van der Waals surface area contributed by atoms with Gasteiger partial charge in [0.2, 0.25) is 0 Å². The summed E-state index contributed by atoms with van der Waals surface area (Å²) in [6.45, 7) is 7.73. The van der Waals surface area contributed by atoms with Crippen molar-refractivity contribution >= 4 is 28.8 Å². The van der Waals surface area contributed by atoms with E-state index in [1.807, 2.05) is 18.2 Å². The standard InChI is InChI=1S/C46H50N4O4/c51-38-12-16-41-34(27-38)8-14-40(32-4-2-1-3-5-32)45(41)33-6-9-36(10-7-33)48-20-18-31(19-21-48)29-47-22-24-49(25-23-47)37-11-15-42-35(26-37)30-50(46(42)54)43-17-13-39(52)28-44(43)53/h1-7,9-12,15-16,26-27,31,40,43,45,51H,8,13-14,17-25,28-30H2/t40-,43-,45+/m1/s1. The topological polar surface area (TPSA) is 84.4 Å². The molecule has 9 rings (SSSR count). The third-order valence-corrected chi connectivity index (χ3v) is 13.0. The molecule has 0 unspecified atom stereocenters. The van der Waals surface area contributed by atoms with E-state index in [2.05, 4.69) is 87.5 Å². The normalized spacial score (nSPS) is 23.8. The summed E-state index contributed by atoms with van der Waals surface area (Å²) >= 11 is 0. The SMILES string of the molecule is O=C1CC[C@@H](N2Cc3cc(N4CCN(CC5CCN(c6ccc([C@@H]7c8ccc(O)cc8CC[C@@H]7c7ccccc7)cc6)CC5)CC4)ccc3C2=O)C(=O)C1. The van der Waals surface area contributed by atoms with E-state index in [1.165, 1.54) is 40.8 Å². The Morgan fingerprint density at radius 3 is 2.15 bits per heavy atom. The maximum Gasteiger partial charge on any atom is 0.255 e. The lowest BCUT2D eigenvalue weighted by atomic mass is 9.69. The molecule has 8 heteroatoms. The van der Waals surface area contributed by atoms with Gasteiger partial charge in [-0.2, -0.15) is 0 Å². The zero-order valence-corrected chi connectivity index (χ0v) is 31.0. The number of rotatable bonds is 7. The molecule has 1 saturated carbocycles. The number of anilines is 2. The maximum absolute atomic E-state index is 13.2. The van der Waals surface area contributed by atoms with Crippen LogP contribution in [-0.4, -0.2) is 84.2 Å². The summed E-state index contributed by atoms with van der Waals surface area (Å²) in [5, 5.41) is 10.2. The van der Waals surface area contributed by atoms with E-state index < -0.39 is 6.04 Å². The molecule has 3 fully saturated rings. The highest BCUT2D eigenvalue weighted by molar-refractivity contribution is 6.07. The molecular weight excluding hydrogens is 673 g/mol. The number of hydrogen-bond acceptors (Lipinski definition) is 7. The van der Waals surface area contributed by atoms with E-state index >= 15 is 0 Å². The lowest BCUT2D eigenvalue weighted by Crippen LogP contribution is -2.49. The molecule has 0 aromatic heterocycles. The van der Waals surface area contributed by atoms with Crippen LogP contribution in [0, 0.1) is 5.92 Å². The third-order valence-electron chi connectivity index (χ3n) is 13.0. The number of fused-ring (bicyclic) bond motifs is 2. The largest absolute Gasteiger partial charge is 0.508 e. The number of Topliss-reactive ketones (excluding diaryl/α,β-unsaturated/α-hetero) is 2. The monoisotopic (exact) mass is 722 g/mol. The third kappa shape index (κ3) is 6.81. The molecule has 4 aromatic rings. The quantitative estimate of drug-likeness (QED) is 0.207. The van der Waals surface area contributed by atoms with Gasteiger partial charge in [0.15, 0.2) is 5.78 Å². The number of piperidine rings is 1. The number of ketones is 2. The average Bonchev–Trinajstić information content (AvgIpc) is 3.53. The number of aryl methyl sites for hydroxylation is 1. The average molecular weight is 723 g/mol. The molecular formula is C46H50N4O4. The lowest BCUT2D eigenvalue weighted by Gasteiger charge is -2.40. The van der Waals surface area contributed by atoms with E-state index in [1.54, 1.807) is 4.90 Å². The fourth-order valence-corrected chi connectivity index (χ4v) is 10.1. The second kappa shape index (κ2) is 14.7. The number of phenols is 1. The number of piperazine rings is 1. The second-order valence-corrected chi connectivity index (χ2v) is 16.2. The molecule has 8 nitrogen and oxygen atoms in total. The summed E-state index contributed by atoms with van der Waals surface area (Å²) in [6.07, 6.45) is 5.22. The zero-order valence-electron chi connectivity index (χ0n) is 31.0. The van der Waals surface area contributed by atoms with E-state index in [0.717, 1.165) is 69.9 Å². The fourth-order valence-electron chi connectivity index (χ4n) is 10.1. The highest BCUT2D eigenvalue weighted by Gasteiger charge is 2.39. The number of amides is 1. The van der Waals surface area contributed by atoms with Gasteiger partial charge in [0.25, 0.3) is 5.91 Å². The number of phenolic OH excluding ortho intramolecular Hbond substituents is 1. The van der Waals surface area contributed by atoms with Crippen LogP contribution in [0.15, 0.2) is 91.0 Å². The van der Waals surface area contributed by atoms with Crippen LogP contribution in [0.2, 0.25) is 0 Å². The predicted octanol–water partition coefficient (Wildman–Crippen LogP) is 6.94. The fraction of sp³-hybridized carbons (Fsp3) is 0.413. The Kier molecular flexibility index (Phi) is 9.48. The van der Waals surface area contributed by atoms with Crippen molar-refractivity contribution < 1.29 is 19.5 Å². The number of nitrogens with zero attached hydrogens (tertiary/aromatic N) is 4. The minimum absolute atomic E-state index is 0.0167. The Balaban J connectivity index is 0.780. The minimum Gasteiger partial charge on any atom is -0.508 e. The number of benzene rings is 4. The van der Waals surface area contributed by atoms with Gasteiger partial charge in [0.05, 0.1) is 12.5 Å². The predicted molar refractivity (Wildman–Crippen MR) is 211 cm³/mol. The van der Waals surface area contributed by atoms with E-state index in [0.29, 0.717) is 42.5 Å². The highest BCUT2D eigenvalue weighted by Crippen LogP contribution is 2.47. The van der Waals surface area contributed by atoms with Crippen molar-refractivity contribution in [3.8, 4) is 5.75 Å². The molecule has 3 aliphatic heterocycles. The number of hydrogen-bond donors (Lipinski definition) is 1. The van der Waals surface area contributed by atoms with Crippen molar-refractivity contribution in [1.29, 1.82) is 0 Å². The van der Waals surface area contributed by atoms with Gasteiger partial charge in [-0.05, 0) is 114 Å². The van der Waals surface area contributed by atoms with Crippen molar-refractivity contribution in [2.24, 2.45) is 5.92 Å². The number of carbonyl (C=O) groups excluding carboxylic acids is 3. The van der Waals surface area contributed by atoms with Gasteiger partial charge in [0, 0.05) is 81.6 Å². The Morgan fingerprint density at radius 1 is 0.648 bits per heavy atom. The molecule has 278 valence electrons. The van der Waals surface area contributed by atoms with Crippen molar-refractivity contribution in [3.63, 3.8) is 0 Å². The van der Waals surface area contributed by atoms with E-state index in [4.69, 9.17) is 0 Å². The van der Waals surface area contributed by atoms with Crippen LogP contribution in [0.25, 0.3) is 0 Å². The molecule has 0 radical (unpaired) electrons. The molecule has 2 saturated heterocycles. The number of carbonyl (C=O) groups is 3. The molecule has 1 amide bonds. The van der Waals surface area contributed by atoms with Crippen LogP contribution in [-0.2, 0) is 22.6 Å². The molecule has 3 heterocycles. The van der Waals surface area contributed by atoms with Gasteiger partial charge in [-0.15, -0.1) is 0 Å². The first-order chi connectivity index (χ1) is 26.4. The van der Waals surface area contributed by atoms with Gasteiger partial charge >= 0.3 is 0 Å². The summed E-state index contributed by atoms with van der Waals surface area (Å²) in [7, 11) is 0. The molecule has 2 aliphatic carbocycles. The van der Waals surface area contributed by atoms with Crippen LogP contribution in [0.1, 0.15) is 88.5 Å². The molecule has 5 aliphatic rings. The van der Waals surface area contributed by atoms with Gasteiger partial charge in [-0.25, -0.2) is 0 Å². The Hall–Kier alpha value is -4.95. The molecule has 4 aromatic carbocycles. The minimum atomic E-state index is -0.474. The summed E-state index contributed by atoms with van der Waals surface area (Å²) in [5.41, 5.74) is 9.48. The van der Waals surface area contributed by atoms with Gasteiger partial charge in [-0.3, -0.25) is 19.3 Å². The Morgan fingerprint density at radius 2 is 1.39 bits per heavy atom. The van der Waals surface area contributed by atoms with Crippen molar-refractivity contribution in [2.45, 2.75) is 69.4 Å². The molecule has 0 spiro atoms. The summed E-state index contributed by atoms with van der Waals surface area (Å²) in [5.74, 6) is 1.51. The summed E-state index contributed by atoms with van der Waals surface area (Å²) in [6, 6.07) is 31.9. The highest BCUT2D eigenvalue weighted by atomic mass is 16.3. The van der Waals surface area contributed by atoms with Gasteiger partial charge in [0.1, 0.15) is 11.5 Å². The van der Waals surface area contributed by atoms with Crippen LogP contribution < -0.4 is 9.80 Å². The maximum atomic E-state index is 13.2. The van der Waals surface area contributed by atoms with Crippen LogP contribution in [0.5, 0.6) is 5.75 Å². The van der Waals surface area contributed by atoms with Gasteiger partial charge < -0.3 is 19.8 Å². The summed E-state index contributed by atoms with van der Waals surface area (Å²) in [4.78, 5) is 46.8. The van der Waals surface area contributed by atoms with E-state index in [9.17, 15) is 19.5 Å². The van der Waals surface area contributed by atoms with Crippen molar-refractivity contribution in [3.05, 3.63) is 124 Å². The van der Waals surface area contributed by atoms with Crippen LogP contribution >= 0.6 is 0 Å². The van der Waals surface area contributed by atoms with Crippen LogP contribution in [0.3, 0.4) is 0 Å². The number of aromatic hydroxyl groups is 1. The molecule has 3 atom stereocenters. The lowest BCUT2D eigenvalue weighted by molar-refractivity contribution is -0.133. The molecule has 0 bridgehead atoms. The smallest absolute Gasteiger partial charge is 0.255 e. The zero-order chi connectivity index (χ0) is 36.8. The summed E-state index contributed by atoms with van der Waals surface area (Å²) < 4.78 is 0.